The summed E-state index contributed by atoms with van der Waals surface area (Å²) < 4.78 is 18.1. The molecule has 98 valence electrons. The monoisotopic (exact) mass is 253 g/mol. The molecule has 0 atom stereocenters. The van der Waals surface area contributed by atoms with Gasteiger partial charge < -0.3 is 19.7 Å². The van der Waals surface area contributed by atoms with Gasteiger partial charge in [-0.15, -0.1) is 0 Å². The van der Waals surface area contributed by atoms with E-state index in [1.165, 1.54) is 12.1 Å². The van der Waals surface area contributed by atoms with Gasteiger partial charge in [-0.05, 0) is 18.2 Å². The lowest BCUT2D eigenvalue weighted by molar-refractivity contribution is 0.202. The molecule has 5 nitrogen and oxygen atoms in total. The zero-order valence-corrected chi connectivity index (χ0v) is 10.2. The van der Waals surface area contributed by atoms with Crippen molar-refractivity contribution in [2.24, 2.45) is 0 Å². The molecule has 0 aliphatic carbocycles. The molecule has 0 fully saturated rings. The Morgan fingerprint density at radius 2 is 2.28 bits per heavy atom. The van der Waals surface area contributed by atoms with Crippen LogP contribution >= 0.6 is 0 Å². The van der Waals surface area contributed by atoms with Crippen LogP contribution < -0.4 is 4.90 Å². The van der Waals surface area contributed by atoms with Crippen LogP contribution in [-0.2, 0) is 4.74 Å². The van der Waals surface area contributed by atoms with Crippen molar-refractivity contribution in [1.82, 2.24) is 9.97 Å². The van der Waals surface area contributed by atoms with Crippen molar-refractivity contribution >= 4 is 17.0 Å². The minimum Gasteiger partial charge on any atom is -0.395 e. The number of fused-ring (bicyclic) bond motifs is 1. The van der Waals surface area contributed by atoms with Crippen molar-refractivity contribution in [3.05, 3.63) is 24.0 Å². The molecule has 0 radical (unpaired) electrons. The van der Waals surface area contributed by atoms with Crippen LogP contribution in [0.15, 0.2) is 18.2 Å². The molecular formula is C12H16FN3O2. The summed E-state index contributed by atoms with van der Waals surface area (Å²) in [5.74, 6) is 0.310. The van der Waals surface area contributed by atoms with Gasteiger partial charge in [-0.25, -0.2) is 9.37 Å². The Morgan fingerprint density at radius 1 is 1.44 bits per heavy atom. The molecule has 0 bridgehead atoms. The number of hydrogen-bond acceptors (Lipinski definition) is 4. The predicted molar refractivity (Wildman–Crippen MR) is 67.2 cm³/mol. The first-order chi connectivity index (χ1) is 8.74. The molecule has 0 saturated heterocycles. The van der Waals surface area contributed by atoms with Gasteiger partial charge in [0.05, 0.1) is 24.2 Å². The molecule has 1 aromatic heterocycles. The van der Waals surface area contributed by atoms with E-state index < -0.39 is 0 Å². The number of imidazole rings is 1. The molecule has 0 aliphatic heterocycles. The zero-order valence-electron chi connectivity index (χ0n) is 10.2. The summed E-state index contributed by atoms with van der Waals surface area (Å²) in [7, 11) is 1.62. The maximum Gasteiger partial charge on any atom is 0.203 e. The Hall–Kier alpha value is -1.66. The topological polar surface area (TPSA) is 61.4 Å². The summed E-state index contributed by atoms with van der Waals surface area (Å²) in [5, 5.41) is 9.03. The van der Waals surface area contributed by atoms with Crippen LogP contribution in [0, 0.1) is 5.82 Å². The van der Waals surface area contributed by atoms with Gasteiger partial charge in [0, 0.05) is 20.2 Å². The van der Waals surface area contributed by atoms with Crippen LogP contribution in [0.5, 0.6) is 0 Å². The van der Waals surface area contributed by atoms with Gasteiger partial charge in [-0.3, -0.25) is 0 Å². The van der Waals surface area contributed by atoms with Crippen LogP contribution in [0.2, 0.25) is 0 Å². The van der Waals surface area contributed by atoms with Gasteiger partial charge in [0.2, 0.25) is 5.95 Å². The zero-order chi connectivity index (χ0) is 13.0. The van der Waals surface area contributed by atoms with Gasteiger partial charge in [0.25, 0.3) is 0 Å². The minimum absolute atomic E-state index is 0.0229. The molecule has 1 heterocycles. The normalized spacial score (nSPS) is 11.1. The Balaban J connectivity index is 2.26. The Morgan fingerprint density at radius 3 is 3.00 bits per heavy atom. The number of aromatic amines is 1. The Kier molecular flexibility index (Phi) is 4.11. The average molecular weight is 253 g/mol. The van der Waals surface area contributed by atoms with E-state index in [-0.39, 0.29) is 12.4 Å². The number of H-pyrrole nitrogens is 1. The van der Waals surface area contributed by atoms with Crippen LogP contribution in [0.3, 0.4) is 0 Å². The number of ether oxygens (including phenoxy) is 1. The van der Waals surface area contributed by atoms with Gasteiger partial charge in [0.15, 0.2) is 0 Å². The highest BCUT2D eigenvalue weighted by Gasteiger charge is 2.11. The summed E-state index contributed by atoms with van der Waals surface area (Å²) in [5.41, 5.74) is 1.34. The molecule has 0 amide bonds. The number of aromatic nitrogens is 2. The van der Waals surface area contributed by atoms with E-state index in [9.17, 15) is 4.39 Å². The first-order valence-corrected chi connectivity index (χ1v) is 5.74. The number of hydrogen-bond donors (Lipinski definition) is 2. The fourth-order valence-corrected chi connectivity index (χ4v) is 1.76. The number of halogens is 1. The van der Waals surface area contributed by atoms with E-state index in [0.29, 0.717) is 36.7 Å². The fourth-order valence-electron chi connectivity index (χ4n) is 1.76. The summed E-state index contributed by atoms with van der Waals surface area (Å²) >= 11 is 0. The lowest BCUT2D eigenvalue weighted by Crippen LogP contribution is -2.31. The number of anilines is 1. The Labute approximate surface area is 104 Å². The average Bonchev–Trinajstić information content (AvgIpc) is 2.77. The van der Waals surface area contributed by atoms with E-state index in [0.717, 1.165) is 0 Å². The first-order valence-electron chi connectivity index (χ1n) is 5.74. The Bertz CT molecular complexity index is 515. The van der Waals surface area contributed by atoms with Crippen molar-refractivity contribution in [1.29, 1.82) is 0 Å². The molecule has 18 heavy (non-hydrogen) atoms. The summed E-state index contributed by atoms with van der Waals surface area (Å²) in [6.07, 6.45) is 0. The third kappa shape index (κ3) is 2.77. The number of nitrogens with one attached hydrogen (secondary N) is 1. The van der Waals surface area contributed by atoms with E-state index in [4.69, 9.17) is 9.84 Å². The number of nitrogens with zero attached hydrogens (tertiary/aromatic N) is 2. The quantitative estimate of drug-likeness (QED) is 0.810. The maximum atomic E-state index is 13.1. The summed E-state index contributed by atoms with van der Waals surface area (Å²) in [4.78, 5) is 9.26. The van der Waals surface area contributed by atoms with Crippen LogP contribution in [0.4, 0.5) is 10.3 Å². The molecule has 1 aromatic carbocycles. The standard InChI is InChI=1S/C12H16FN3O2/c1-18-7-5-16(4-6-17)12-14-10-3-2-9(13)8-11(10)15-12/h2-3,8,17H,4-7H2,1H3,(H,14,15). The lowest BCUT2D eigenvalue weighted by Gasteiger charge is -2.19. The van der Waals surface area contributed by atoms with Crippen molar-refractivity contribution < 1.29 is 14.2 Å². The molecule has 2 N–H and O–H groups in total. The number of methoxy groups -OCH3 is 1. The first kappa shape index (κ1) is 12.8. The molecule has 0 unspecified atom stereocenters. The molecule has 0 spiro atoms. The van der Waals surface area contributed by atoms with Gasteiger partial charge >= 0.3 is 0 Å². The molecule has 0 saturated carbocycles. The van der Waals surface area contributed by atoms with Gasteiger partial charge in [-0.2, -0.15) is 0 Å². The second-order valence-electron chi connectivity index (χ2n) is 3.93. The van der Waals surface area contributed by atoms with E-state index in [1.54, 1.807) is 13.2 Å². The third-order valence-corrected chi connectivity index (χ3v) is 2.67. The molecule has 6 heteroatoms. The van der Waals surface area contributed by atoms with Gasteiger partial charge in [-0.1, -0.05) is 0 Å². The maximum absolute atomic E-state index is 13.1. The highest BCUT2D eigenvalue weighted by Crippen LogP contribution is 2.18. The van der Waals surface area contributed by atoms with Gasteiger partial charge in [0.1, 0.15) is 5.82 Å². The number of rotatable bonds is 6. The smallest absolute Gasteiger partial charge is 0.203 e. The third-order valence-electron chi connectivity index (χ3n) is 2.67. The SMILES string of the molecule is COCCN(CCO)c1nc2ccc(F)cc2[nH]1. The van der Waals surface area contributed by atoms with Crippen molar-refractivity contribution in [3.63, 3.8) is 0 Å². The predicted octanol–water partition coefficient (Wildman–Crippen LogP) is 1.15. The number of aliphatic hydroxyl groups excluding tert-OH is 1. The largest absolute Gasteiger partial charge is 0.395 e. The second kappa shape index (κ2) is 5.79. The summed E-state index contributed by atoms with van der Waals surface area (Å²) in [6.45, 7) is 1.62. The minimum atomic E-state index is -0.303. The van der Waals surface area contributed by atoms with Crippen molar-refractivity contribution in [2.75, 3.05) is 38.3 Å². The van der Waals surface area contributed by atoms with E-state index in [2.05, 4.69) is 9.97 Å². The van der Waals surface area contributed by atoms with E-state index in [1.807, 2.05) is 4.90 Å². The lowest BCUT2D eigenvalue weighted by atomic mass is 10.3. The molecular weight excluding hydrogens is 237 g/mol. The molecule has 2 rings (SSSR count). The second-order valence-corrected chi connectivity index (χ2v) is 3.93. The van der Waals surface area contributed by atoms with Crippen molar-refractivity contribution in [3.8, 4) is 0 Å². The van der Waals surface area contributed by atoms with Crippen LogP contribution in [0.1, 0.15) is 0 Å². The number of aliphatic hydroxyl groups is 1. The highest BCUT2D eigenvalue weighted by atomic mass is 19.1. The number of benzene rings is 1. The van der Waals surface area contributed by atoms with Crippen molar-refractivity contribution in [2.45, 2.75) is 0 Å². The highest BCUT2D eigenvalue weighted by molar-refractivity contribution is 5.77. The van der Waals surface area contributed by atoms with Crippen LogP contribution in [0.25, 0.3) is 11.0 Å². The fraction of sp³-hybridized carbons (Fsp3) is 0.417. The molecule has 2 aromatic rings. The van der Waals surface area contributed by atoms with Crippen LogP contribution in [-0.4, -0.2) is 48.5 Å². The van der Waals surface area contributed by atoms with E-state index >= 15 is 0 Å². The summed E-state index contributed by atoms with van der Waals surface area (Å²) in [6, 6.07) is 4.40. The molecule has 0 aliphatic rings.